The number of aromatic nitrogens is 3. The van der Waals surface area contributed by atoms with Crippen LogP contribution in [-0.2, 0) is 9.59 Å². The van der Waals surface area contributed by atoms with Gasteiger partial charge in [-0.3, -0.25) is 14.2 Å². The Balaban J connectivity index is 1.31. The van der Waals surface area contributed by atoms with Gasteiger partial charge in [0.2, 0.25) is 11.8 Å². The van der Waals surface area contributed by atoms with Gasteiger partial charge in [-0.05, 0) is 56.2 Å². The zero-order chi connectivity index (χ0) is 27.4. The minimum absolute atomic E-state index is 0.0171. The lowest BCUT2D eigenvalue weighted by molar-refractivity contribution is -0.144. The van der Waals surface area contributed by atoms with E-state index in [0.29, 0.717) is 30.6 Å². The molecule has 1 aromatic heterocycles. The van der Waals surface area contributed by atoms with Crippen molar-refractivity contribution < 1.29 is 19.1 Å². The molecule has 39 heavy (non-hydrogen) atoms. The van der Waals surface area contributed by atoms with E-state index in [1.165, 1.54) is 11.8 Å². The van der Waals surface area contributed by atoms with Crippen molar-refractivity contribution in [2.45, 2.75) is 43.8 Å². The maximum absolute atomic E-state index is 13.3. The average molecular weight is 550 g/mol. The van der Waals surface area contributed by atoms with E-state index in [-0.39, 0.29) is 29.5 Å². The molecule has 1 unspecified atom stereocenters. The number of hydrogen-bond donors (Lipinski definition) is 0. The molecule has 1 aliphatic carbocycles. The van der Waals surface area contributed by atoms with Crippen LogP contribution in [0, 0.1) is 5.92 Å². The number of methoxy groups -OCH3 is 2. The van der Waals surface area contributed by atoms with Gasteiger partial charge in [0.1, 0.15) is 11.5 Å². The molecule has 3 aromatic rings. The number of amides is 2. The van der Waals surface area contributed by atoms with Crippen molar-refractivity contribution in [1.82, 2.24) is 24.6 Å². The molecule has 2 aromatic carbocycles. The third-order valence-electron chi connectivity index (χ3n) is 7.58. The van der Waals surface area contributed by atoms with Crippen LogP contribution in [0.25, 0.3) is 17.1 Å². The van der Waals surface area contributed by atoms with Crippen molar-refractivity contribution >= 4 is 23.6 Å². The standard InChI is InChI=1S/C29H35N5O4S/c1-20-18-32(15-16-33(20)28(36)21-7-4-5-8-21)26(35)19-39-29-31-30-27(22-9-6-10-25(17-22)38-3)34(29)23-11-13-24(37-2)14-12-23/h6,9-14,17,20-21H,4-5,7-8,15-16,18-19H2,1-3H3. The zero-order valence-corrected chi connectivity index (χ0v) is 23.5. The summed E-state index contributed by atoms with van der Waals surface area (Å²) in [5.74, 6) is 2.82. The minimum atomic E-state index is 0.0171. The second kappa shape index (κ2) is 12.1. The summed E-state index contributed by atoms with van der Waals surface area (Å²) in [5.41, 5.74) is 1.72. The molecule has 2 aliphatic rings. The molecule has 5 rings (SSSR count). The Hall–Kier alpha value is -3.53. The first-order valence-corrected chi connectivity index (χ1v) is 14.4. The molecular weight excluding hydrogens is 514 g/mol. The Morgan fingerprint density at radius 2 is 1.72 bits per heavy atom. The van der Waals surface area contributed by atoms with Crippen molar-refractivity contribution in [1.29, 1.82) is 0 Å². The van der Waals surface area contributed by atoms with E-state index in [1.807, 2.05) is 69.8 Å². The number of rotatable bonds is 8. The first-order valence-electron chi connectivity index (χ1n) is 13.4. The Morgan fingerprint density at radius 1 is 0.974 bits per heavy atom. The second-order valence-electron chi connectivity index (χ2n) is 10.1. The molecule has 0 N–H and O–H groups in total. The predicted molar refractivity (Wildman–Crippen MR) is 150 cm³/mol. The molecule has 1 saturated heterocycles. The number of carbonyl (C=O) groups excluding carboxylic acids is 2. The SMILES string of the molecule is COc1ccc(-n2c(SCC(=O)N3CCN(C(=O)C4CCCC4)C(C)C3)nnc2-c2cccc(OC)c2)cc1. The highest BCUT2D eigenvalue weighted by Gasteiger charge is 2.34. The normalized spacial score (nSPS) is 17.9. The molecular formula is C29H35N5O4S. The van der Waals surface area contributed by atoms with Crippen LogP contribution in [-0.4, -0.2) is 82.0 Å². The summed E-state index contributed by atoms with van der Waals surface area (Å²) in [6, 6.07) is 15.3. The maximum Gasteiger partial charge on any atom is 0.233 e. The summed E-state index contributed by atoms with van der Waals surface area (Å²) >= 11 is 1.36. The zero-order valence-electron chi connectivity index (χ0n) is 22.7. The monoisotopic (exact) mass is 549 g/mol. The number of nitrogens with zero attached hydrogens (tertiary/aromatic N) is 5. The molecule has 2 fully saturated rings. The lowest BCUT2D eigenvalue weighted by atomic mass is 10.0. The van der Waals surface area contributed by atoms with Crippen LogP contribution in [0.1, 0.15) is 32.6 Å². The van der Waals surface area contributed by atoms with Crippen molar-refractivity contribution in [3.05, 3.63) is 48.5 Å². The predicted octanol–water partition coefficient (Wildman–Crippen LogP) is 4.29. The van der Waals surface area contributed by atoms with Gasteiger partial charge in [-0.2, -0.15) is 0 Å². The molecule has 0 radical (unpaired) electrons. The van der Waals surface area contributed by atoms with Crippen LogP contribution in [0.3, 0.4) is 0 Å². The third kappa shape index (κ3) is 5.90. The van der Waals surface area contributed by atoms with Gasteiger partial charge in [0.15, 0.2) is 11.0 Å². The van der Waals surface area contributed by atoms with Gasteiger partial charge in [-0.15, -0.1) is 10.2 Å². The molecule has 2 heterocycles. The largest absolute Gasteiger partial charge is 0.497 e. The summed E-state index contributed by atoms with van der Waals surface area (Å²) in [6.45, 7) is 3.75. The molecule has 10 heteroatoms. The molecule has 1 aliphatic heterocycles. The highest BCUT2D eigenvalue weighted by atomic mass is 32.2. The Bertz CT molecular complexity index is 1310. The number of thioether (sulfide) groups is 1. The highest BCUT2D eigenvalue weighted by Crippen LogP contribution is 2.31. The van der Waals surface area contributed by atoms with Gasteiger partial charge in [0, 0.05) is 42.8 Å². The first-order chi connectivity index (χ1) is 19.0. The van der Waals surface area contributed by atoms with Gasteiger partial charge in [0.05, 0.1) is 20.0 Å². The summed E-state index contributed by atoms with van der Waals surface area (Å²) in [4.78, 5) is 30.1. The quantitative estimate of drug-likeness (QED) is 0.387. The number of carbonyl (C=O) groups is 2. The van der Waals surface area contributed by atoms with E-state index in [4.69, 9.17) is 9.47 Å². The van der Waals surface area contributed by atoms with Crippen LogP contribution < -0.4 is 9.47 Å². The van der Waals surface area contributed by atoms with Crippen LogP contribution in [0.4, 0.5) is 0 Å². The molecule has 0 spiro atoms. The molecule has 1 saturated carbocycles. The Morgan fingerprint density at radius 3 is 2.41 bits per heavy atom. The Labute approximate surface area is 233 Å². The number of benzene rings is 2. The topological polar surface area (TPSA) is 89.8 Å². The van der Waals surface area contributed by atoms with Crippen molar-refractivity contribution in [3.8, 4) is 28.6 Å². The van der Waals surface area contributed by atoms with Crippen LogP contribution in [0.15, 0.2) is 53.7 Å². The molecule has 9 nitrogen and oxygen atoms in total. The van der Waals surface area contributed by atoms with E-state index in [2.05, 4.69) is 10.2 Å². The summed E-state index contributed by atoms with van der Waals surface area (Å²) < 4.78 is 12.7. The molecule has 2 amide bonds. The van der Waals surface area contributed by atoms with Crippen molar-refractivity contribution in [2.24, 2.45) is 5.92 Å². The Kier molecular flexibility index (Phi) is 8.40. The molecule has 206 valence electrons. The number of ether oxygens (including phenoxy) is 2. The van der Waals surface area contributed by atoms with Gasteiger partial charge in [-0.25, -0.2) is 0 Å². The van der Waals surface area contributed by atoms with E-state index in [9.17, 15) is 9.59 Å². The van der Waals surface area contributed by atoms with E-state index in [0.717, 1.165) is 48.4 Å². The number of piperazine rings is 1. The van der Waals surface area contributed by atoms with E-state index in [1.54, 1.807) is 14.2 Å². The highest BCUT2D eigenvalue weighted by molar-refractivity contribution is 7.99. The van der Waals surface area contributed by atoms with Gasteiger partial charge >= 0.3 is 0 Å². The fraction of sp³-hybridized carbons (Fsp3) is 0.448. The van der Waals surface area contributed by atoms with E-state index >= 15 is 0 Å². The summed E-state index contributed by atoms with van der Waals surface area (Å²) in [5, 5.41) is 9.57. The lowest BCUT2D eigenvalue weighted by Crippen LogP contribution is -2.56. The van der Waals surface area contributed by atoms with Crippen molar-refractivity contribution in [3.63, 3.8) is 0 Å². The van der Waals surface area contributed by atoms with Crippen molar-refractivity contribution in [2.75, 3.05) is 39.6 Å². The molecule has 0 bridgehead atoms. The summed E-state index contributed by atoms with van der Waals surface area (Å²) in [7, 11) is 3.26. The summed E-state index contributed by atoms with van der Waals surface area (Å²) in [6.07, 6.45) is 4.27. The average Bonchev–Trinajstić information content (AvgIpc) is 3.66. The van der Waals surface area contributed by atoms with Crippen LogP contribution >= 0.6 is 11.8 Å². The van der Waals surface area contributed by atoms with Gasteiger partial charge < -0.3 is 19.3 Å². The minimum Gasteiger partial charge on any atom is -0.497 e. The smallest absolute Gasteiger partial charge is 0.233 e. The van der Waals surface area contributed by atoms with Gasteiger partial charge in [0.25, 0.3) is 0 Å². The van der Waals surface area contributed by atoms with Crippen LogP contribution in [0.2, 0.25) is 0 Å². The van der Waals surface area contributed by atoms with E-state index < -0.39 is 0 Å². The fourth-order valence-electron chi connectivity index (χ4n) is 5.41. The first kappa shape index (κ1) is 27.1. The fourth-order valence-corrected chi connectivity index (χ4v) is 6.27. The maximum atomic E-state index is 13.3. The number of hydrogen-bond acceptors (Lipinski definition) is 7. The lowest BCUT2D eigenvalue weighted by Gasteiger charge is -2.41. The second-order valence-corrected chi connectivity index (χ2v) is 11.0. The third-order valence-corrected chi connectivity index (χ3v) is 8.50. The van der Waals surface area contributed by atoms with Gasteiger partial charge in [-0.1, -0.05) is 36.7 Å². The van der Waals surface area contributed by atoms with Crippen LogP contribution in [0.5, 0.6) is 11.5 Å². The molecule has 1 atom stereocenters.